The Balaban J connectivity index is 1.53. The van der Waals surface area contributed by atoms with Gasteiger partial charge < -0.3 is 9.80 Å². The lowest BCUT2D eigenvalue weighted by Gasteiger charge is -2.35. The highest BCUT2D eigenvalue weighted by molar-refractivity contribution is 7.17. The number of carbonyl (C=O) groups is 1. The Morgan fingerprint density at radius 1 is 1.18 bits per heavy atom. The van der Waals surface area contributed by atoms with E-state index in [-0.39, 0.29) is 5.91 Å². The third kappa shape index (κ3) is 3.58. The number of hydrogen-bond acceptors (Lipinski definition) is 6. The molecular weight excluding hydrogens is 396 g/mol. The van der Waals surface area contributed by atoms with Crippen LogP contribution in [0.3, 0.4) is 0 Å². The van der Waals surface area contributed by atoms with Crippen LogP contribution in [0, 0.1) is 0 Å². The first-order valence-corrected chi connectivity index (χ1v) is 10.8. The van der Waals surface area contributed by atoms with Crippen molar-refractivity contribution in [1.82, 2.24) is 24.5 Å². The van der Waals surface area contributed by atoms with E-state index in [0.29, 0.717) is 28.1 Å². The van der Waals surface area contributed by atoms with Gasteiger partial charge in [0.1, 0.15) is 11.6 Å². The van der Waals surface area contributed by atoms with E-state index in [0.717, 1.165) is 44.0 Å². The molecule has 0 aliphatic carbocycles. The first-order valence-electron chi connectivity index (χ1n) is 9.64. The van der Waals surface area contributed by atoms with Crippen LogP contribution in [0.5, 0.6) is 0 Å². The fraction of sp³-hybridized carbons (Fsp3) is 0.474. The molecule has 1 fully saturated rings. The molecule has 0 saturated carbocycles. The summed E-state index contributed by atoms with van der Waals surface area (Å²) in [5.74, 6) is 2.57. The quantitative estimate of drug-likeness (QED) is 0.635. The average Bonchev–Trinajstić information content (AvgIpc) is 3.34. The summed E-state index contributed by atoms with van der Waals surface area (Å²) in [7, 11) is 0. The molecule has 0 aromatic carbocycles. The van der Waals surface area contributed by atoms with Crippen LogP contribution in [0.15, 0.2) is 18.2 Å². The van der Waals surface area contributed by atoms with E-state index in [1.54, 1.807) is 12.1 Å². The van der Waals surface area contributed by atoms with E-state index in [2.05, 4.69) is 39.4 Å². The maximum Gasteiger partial charge on any atom is 0.264 e. The van der Waals surface area contributed by atoms with Crippen molar-refractivity contribution in [3.63, 3.8) is 0 Å². The first-order chi connectivity index (χ1) is 13.6. The van der Waals surface area contributed by atoms with E-state index in [1.165, 1.54) is 17.0 Å². The standard InChI is InChI=1S/C19H23ClN6OS/c1-3-5-13-12-17(21-19-23-22-16(4-2)26(13)19)24-8-10-25(11-9-24)18(27)14-6-7-15(20)28-14/h6-7,12H,3-5,8-11H2,1-2H3. The van der Waals surface area contributed by atoms with Crippen LogP contribution in [-0.4, -0.2) is 56.6 Å². The number of rotatable bonds is 5. The summed E-state index contributed by atoms with van der Waals surface area (Å²) < 4.78 is 2.72. The van der Waals surface area contributed by atoms with Crippen molar-refractivity contribution >= 4 is 40.4 Å². The molecule has 0 unspecified atom stereocenters. The first kappa shape index (κ1) is 19.1. The zero-order valence-corrected chi connectivity index (χ0v) is 17.6. The molecule has 0 spiro atoms. The number of piperazine rings is 1. The summed E-state index contributed by atoms with van der Waals surface area (Å²) in [6.07, 6.45) is 2.83. The predicted molar refractivity (Wildman–Crippen MR) is 112 cm³/mol. The van der Waals surface area contributed by atoms with Crippen molar-refractivity contribution in [3.8, 4) is 0 Å². The van der Waals surface area contributed by atoms with Crippen molar-refractivity contribution in [2.75, 3.05) is 31.1 Å². The minimum atomic E-state index is 0.0525. The molecule has 1 aliphatic rings. The summed E-state index contributed by atoms with van der Waals surface area (Å²) in [4.78, 5) is 22.2. The van der Waals surface area contributed by atoms with E-state index in [1.807, 2.05) is 4.90 Å². The molecule has 0 radical (unpaired) electrons. The summed E-state index contributed by atoms with van der Waals surface area (Å²) in [5.41, 5.74) is 1.19. The fourth-order valence-corrected chi connectivity index (χ4v) is 4.59. The van der Waals surface area contributed by atoms with Crippen molar-refractivity contribution in [1.29, 1.82) is 0 Å². The monoisotopic (exact) mass is 418 g/mol. The highest BCUT2D eigenvalue weighted by atomic mass is 35.5. The molecule has 0 bridgehead atoms. The van der Waals surface area contributed by atoms with Gasteiger partial charge in [-0.15, -0.1) is 21.5 Å². The molecule has 4 heterocycles. The molecule has 148 valence electrons. The van der Waals surface area contributed by atoms with Gasteiger partial charge in [0.05, 0.1) is 9.21 Å². The molecule has 9 heteroatoms. The number of nitrogens with zero attached hydrogens (tertiary/aromatic N) is 6. The molecule has 1 aliphatic heterocycles. The van der Waals surface area contributed by atoms with Crippen molar-refractivity contribution < 1.29 is 4.79 Å². The number of thiophene rings is 1. The van der Waals surface area contributed by atoms with Crippen molar-refractivity contribution in [2.45, 2.75) is 33.1 Å². The highest BCUT2D eigenvalue weighted by Crippen LogP contribution is 2.24. The van der Waals surface area contributed by atoms with Crippen LogP contribution >= 0.6 is 22.9 Å². The Morgan fingerprint density at radius 2 is 1.96 bits per heavy atom. The molecule has 7 nitrogen and oxygen atoms in total. The molecule has 1 saturated heterocycles. The van der Waals surface area contributed by atoms with Crippen LogP contribution in [-0.2, 0) is 12.8 Å². The largest absolute Gasteiger partial charge is 0.353 e. The summed E-state index contributed by atoms with van der Waals surface area (Å²) in [5, 5.41) is 8.56. The van der Waals surface area contributed by atoms with Gasteiger partial charge in [-0.2, -0.15) is 4.98 Å². The van der Waals surface area contributed by atoms with E-state index in [9.17, 15) is 4.79 Å². The van der Waals surface area contributed by atoms with Crippen molar-refractivity contribution in [3.05, 3.63) is 38.9 Å². The number of fused-ring (bicyclic) bond motifs is 1. The number of aryl methyl sites for hydroxylation is 2. The summed E-state index contributed by atoms with van der Waals surface area (Å²) in [6, 6.07) is 5.72. The van der Waals surface area contributed by atoms with Gasteiger partial charge in [0.25, 0.3) is 11.7 Å². The van der Waals surface area contributed by atoms with E-state index >= 15 is 0 Å². The summed E-state index contributed by atoms with van der Waals surface area (Å²) >= 11 is 7.30. The van der Waals surface area contributed by atoms with E-state index < -0.39 is 0 Å². The zero-order valence-electron chi connectivity index (χ0n) is 16.1. The van der Waals surface area contributed by atoms with Crippen LogP contribution in [0.2, 0.25) is 4.34 Å². The second kappa shape index (κ2) is 8.05. The van der Waals surface area contributed by atoms with Gasteiger partial charge in [0, 0.05) is 44.4 Å². The Kier molecular flexibility index (Phi) is 5.50. The normalized spacial score (nSPS) is 14.8. The van der Waals surface area contributed by atoms with Crippen LogP contribution in [0.4, 0.5) is 5.82 Å². The minimum Gasteiger partial charge on any atom is -0.353 e. The van der Waals surface area contributed by atoms with Crippen LogP contribution in [0.1, 0.15) is 41.5 Å². The van der Waals surface area contributed by atoms with Gasteiger partial charge >= 0.3 is 0 Å². The van der Waals surface area contributed by atoms with Crippen LogP contribution in [0.25, 0.3) is 5.78 Å². The SMILES string of the molecule is CCCc1cc(N2CCN(C(=O)c3ccc(Cl)s3)CC2)nc2nnc(CC)n12. The van der Waals surface area contributed by atoms with Gasteiger partial charge in [-0.1, -0.05) is 31.9 Å². The van der Waals surface area contributed by atoms with Gasteiger partial charge in [0.2, 0.25) is 0 Å². The highest BCUT2D eigenvalue weighted by Gasteiger charge is 2.25. The Bertz CT molecular complexity index is 992. The van der Waals surface area contributed by atoms with Gasteiger partial charge in [-0.05, 0) is 18.6 Å². The third-order valence-electron chi connectivity index (χ3n) is 5.01. The number of carbonyl (C=O) groups excluding carboxylic acids is 1. The maximum absolute atomic E-state index is 12.6. The number of anilines is 1. The molecular formula is C19H23ClN6OS. The minimum absolute atomic E-state index is 0.0525. The number of amides is 1. The number of halogens is 1. The Labute approximate surface area is 173 Å². The molecule has 3 aromatic heterocycles. The predicted octanol–water partition coefficient (Wildman–Crippen LogP) is 3.32. The van der Waals surface area contributed by atoms with E-state index in [4.69, 9.17) is 16.6 Å². The zero-order chi connectivity index (χ0) is 19.7. The molecule has 0 N–H and O–H groups in total. The molecule has 4 rings (SSSR count). The Hall–Kier alpha value is -2.19. The maximum atomic E-state index is 12.6. The lowest BCUT2D eigenvalue weighted by Crippen LogP contribution is -2.49. The summed E-state index contributed by atoms with van der Waals surface area (Å²) in [6.45, 7) is 7.07. The molecule has 1 amide bonds. The number of hydrogen-bond donors (Lipinski definition) is 0. The topological polar surface area (TPSA) is 66.6 Å². The fourth-order valence-electron chi connectivity index (χ4n) is 3.58. The second-order valence-corrected chi connectivity index (χ2v) is 8.56. The average molecular weight is 419 g/mol. The Morgan fingerprint density at radius 3 is 2.61 bits per heavy atom. The van der Waals surface area contributed by atoms with Crippen LogP contribution < -0.4 is 4.90 Å². The molecule has 3 aromatic rings. The third-order valence-corrected chi connectivity index (χ3v) is 6.23. The number of aromatic nitrogens is 4. The molecule has 28 heavy (non-hydrogen) atoms. The van der Waals surface area contributed by atoms with Crippen molar-refractivity contribution in [2.24, 2.45) is 0 Å². The molecule has 0 atom stereocenters. The van der Waals surface area contributed by atoms with Gasteiger partial charge in [-0.25, -0.2) is 0 Å². The van der Waals surface area contributed by atoms with Gasteiger partial charge in [-0.3, -0.25) is 9.20 Å². The lowest BCUT2D eigenvalue weighted by molar-refractivity contribution is 0.0751. The second-order valence-electron chi connectivity index (χ2n) is 6.84. The lowest BCUT2D eigenvalue weighted by atomic mass is 10.2. The smallest absolute Gasteiger partial charge is 0.264 e. The van der Waals surface area contributed by atoms with Gasteiger partial charge in [0.15, 0.2) is 0 Å².